The standard InChI is InChI=1S/C14H16N2O2S2/c1-8-9(2)18-12(16-8)7-15-14(17)13-10-3-5-19-11(10)4-6-20-13/h3,5,13H,4,6-7H2,1-2H3,(H,15,17)/t13-/m0/s1. The summed E-state index contributed by atoms with van der Waals surface area (Å²) in [5, 5.41) is 4.90. The third kappa shape index (κ3) is 2.62. The summed E-state index contributed by atoms with van der Waals surface area (Å²) >= 11 is 3.45. The van der Waals surface area contributed by atoms with E-state index in [-0.39, 0.29) is 11.2 Å². The minimum Gasteiger partial charge on any atom is -0.444 e. The van der Waals surface area contributed by atoms with E-state index in [4.69, 9.17) is 4.42 Å². The molecule has 0 aromatic carbocycles. The lowest BCUT2D eigenvalue weighted by atomic mass is 10.1. The Balaban J connectivity index is 1.66. The number of hydrogen-bond acceptors (Lipinski definition) is 5. The van der Waals surface area contributed by atoms with Gasteiger partial charge in [-0.25, -0.2) is 4.98 Å². The predicted molar refractivity (Wildman–Crippen MR) is 81.0 cm³/mol. The van der Waals surface area contributed by atoms with Crippen molar-refractivity contribution in [2.45, 2.75) is 32.1 Å². The second kappa shape index (κ2) is 5.61. The minimum atomic E-state index is -0.0952. The number of carbonyl (C=O) groups is 1. The van der Waals surface area contributed by atoms with E-state index in [1.54, 1.807) is 23.1 Å². The molecule has 3 heterocycles. The first-order valence-corrected chi connectivity index (χ1v) is 8.46. The highest BCUT2D eigenvalue weighted by molar-refractivity contribution is 8.00. The molecule has 0 spiro atoms. The van der Waals surface area contributed by atoms with Gasteiger partial charge in [-0.3, -0.25) is 4.79 Å². The fraction of sp³-hybridized carbons (Fsp3) is 0.429. The third-order valence-electron chi connectivity index (χ3n) is 3.40. The number of hydrogen-bond donors (Lipinski definition) is 1. The Bertz CT molecular complexity index is 613. The van der Waals surface area contributed by atoms with Crippen molar-refractivity contribution in [1.82, 2.24) is 10.3 Å². The van der Waals surface area contributed by atoms with Crippen LogP contribution < -0.4 is 5.32 Å². The van der Waals surface area contributed by atoms with Gasteiger partial charge in [-0.2, -0.15) is 0 Å². The van der Waals surface area contributed by atoms with Crippen LogP contribution in [-0.4, -0.2) is 16.6 Å². The topological polar surface area (TPSA) is 55.1 Å². The minimum absolute atomic E-state index is 0.0443. The second-order valence-corrected chi connectivity index (χ2v) is 6.98. The number of rotatable bonds is 3. The maximum Gasteiger partial charge on any atom is 0.238 e. The Morgan fingerprint density at radius 3 is 3.15 bits per heavy atom. The Labute approximate surface area is 126 Å². The highest BCUT2D eigenvalue weighted by Gasteiger charge is 2.28. The Morgan fingerprint density at radius 1 is 1.55 bits per heavy atom. The molecule has 6 heteroatoms. The summed E-state index contributed by atoms with van der Waals surface area (Å²) in [4.78, 5) is 17.9. The Hall–Kier alpha value is -1.27. The van der Waals surface area contributed by atoms with Crippen LogP contribution in [-0.2, 0) is 17.8 Å². The van der Waals surface area contributed by atoms with Gasteiger partial charge in [0.1, 0.15) is 11.0 Å². The maximum atomic E-state index is 12.3. The molecular formula is C14H16N2O2S2. The van der Waals surface area contributed by atoms with Crippen LogP contribution in [0.25, 0.3) is 0 Å². The van der Waals surface area contributed by atoms with Crippen molar-refractivity contribution >= 4 is 29.0 Å². The second-order valence-electron chi connectivity index (χ2n) is 4.77. The highest BCUT2D eigenvalue weighted by Crippen LogP contribution is 2.39. The molecular weight excluding hydrogens is 292 g/mol. The molecule has 2 aromatic rings. The predicted octanol–water partition coefficient (Wildman–Crippen LogP) is 3.00. The van der Waals surface area contributed by atoms with Gasteiger partial charge in [-0.1, -0.05) is 0 Å². The lowest BCUT2D eigenvalue weighted by Gasteiger charge is -2.21. The van der Waals surface area contributed by atoms with Crippen molar-refractivity contribution in [3.63, 3.8) is 0 Å². The first-order chi connectivity index (χ1) is 9.65. The van der Waals surface area contributed by atoms with Gasteiger partial charge in [0, 0.05) is 4.88 Å². The van der Waals surface area contributed by atoms with Crippen molar-refractivity contribution in [1.29, 1.82) is 0 Å². The number of nitrogens with zero attached hydrogens (tertiary/aromatic N) is 1. The summed E-state index contributed by atoms with van der Waals surface area (Å²) in [7, 11) is 0. The quantitative estimate of drug-likeness (QED) is 0.947. The van der Waals surface area contributed by atoms with Crippen molar-refractivity contribution in [3.8, 4) is 0 Å². The lowest BCUT2D eigenvalue weighted by molar-refractivity contribution is -0.120. The van der Waals surface area contributed by atoms with Crippen molar-refractivity contribution in [2.24, 2.45) is 0 Å². The van der Waals surface area contributed by atoms with Crippen LogP contribution in [0.4, 0.5) is 0 Å². The third-order valence-corrected chi connectivity index (χ3v) is 5.64. The molecule has 0 bridgehead atoms. The molecule has 2 aromatic heterocycles. The van der Waals surface area contributed by atoms with Gasteiger partial charge < -0.3 is 9.73 Å². The van der Waals surface area contributed by atoms with Gasteiger partial charge in [0.2, 0.25) is 11.8 Å². The van der Waals surface area contributed by atoms with Gasteiger partial charge in [0.15, 0.2) is 0 Å². The summed E-state index contributed by atoms with van der Waals surface area (Å²) < 4.78 is 5.48. The molecule has 1 atom stereocenters. The van der Waals surface area contributed by atoms with E-state index in [0.29, 0.717) is 12.4 Å². The number of fused-ring (bicyclic) bond motifs is 1. The van der Waals surface area contributed by atoms with Crippen LogP contribution in [0.15, 0.2) is 15.9 Å². The van der Waals surface area contributed by atoms with Gasteiger partial charge >= 0.3 is 0 Å². The van der Waals surface area contributed by atoms with Gasteiger partial charge in [0.25, 0.3) is 0 Å². The van der Waals surface area contributed by atoms with E-state index >= 15 is 0 Å². The Kier molecular flexibility index (Phi) is 3.85. The van der Waals surface area contributed by atoms with Gasteiger partial charge in [0.05, 0.1) is 12.2 Å². The van der Waals surface area contributed by atoms with Crippen molar-refractivity contribution in [3.05, 3.63) is 39.2 Å². The summed E-state index contributed by atoms with van der Waals surface area (Å²) in [6.45, 7) is 4.13. The fourth-order valence-electron chi connectivity index (χ4n) is 2.23. The molecule has 0 saturated carbocycles. The summed E-state index contributed by atoms with van der Waals surface area (Å²) in [6, 6.07) is 2.07. The molecule has 0 unspecified atom stereocenters. The van der Waals surface area contributed by atoms with Crippen LogP contribution in [0.2, 0.25) is 0 Å². The summed E-state index contributed by atoms with van der Waals surface area (Å²) in [5.41, 5.74) is 2.05. The lowest BCUT2D eigenvalue weighted by Crippen LogP contribution is -2.29. The van der Waals surface area contributed by atoms with Crippen LogP contribution in [0.5, 0.6) is 0 Å². The zero-order valence-electron chi connectivity index (χ0n) is 11.4. The number of nitrogens with one attached hydrogen (secondary N) is 1. The molecule has 20 heavy (non-hydrogen) atoms. The van der Waals surface area contributed by atoms with Crippen molar-refractivity contribution in [2.75, 3.05) is 5.75 Å². The number of carbonyl (C=O) groups excluding carboxylic acids is 1. The van der Waals surface area contributed by atoms with E-state index in [0.717, 1.165) is 23.6 Å². The molecule has 0 radical (unpaired) electrons. The van der Waals surface area contributed by atoms with E-state index in [1.807, 2.05) is 13.8 Å². The molecule has 106 valence electrons. The van der Waals surface area contributed by atoms with Crippen LogP contribution in [0, 0.1) is 13.8 Å². The number of thioether (sulfide) groups is 1. The highest BCUT2D eigenvalue weighted by atomic mass is 32.2. The molecule has 1 aliphatic heterocycles. The summed E-state index contributed by atoms with van der Waals surface area (Å²) in [5.74, 6) is 2.42. The number of oxazole rings is 1. The van der Waals surface area contributed by atoms with Gasteiger partial charge in [-0.15, -0.1) is 23.1 Å². The Morgan fingerprint density at radius 2 is 2.40 bits per heavy atom. The van der Waals surface area contributed by atoms with Gasteiger partial charge in [-0.05, 0) is 43.0 Å². The molecule has 0 saturated heterocycles. The first kappa shape index (κ1) is 13.7. The van der Waals surface area contributed by atoms with Crippen molar-refractivity contribution < 1.29 is 9.21 Å². The monoisotopic (exact) mass is 308 g/mol. The number of aryl methyl sites for hydroxylation is 3. The summed E-state index contributed by atoms with van der Waals surface area (Å²) in [6.07, 6.45) is 1.07. The molecule has 0 aliphatic carbocycles. The van der Waals surface area contributed by atoms with E-state index in [1.165, 1.54) is 10.4 Å². The van der Waals surface area contributed by atoms with E-state index in [2.05, 4.69) is 21.7 Å². The zero-order chi connectivity index (χ0) is 14.1. The molecule has 1 amide bonds. The largest absolute Gasteiger partial charge is 0.444 e. The smallest absolute Gasteiger partial charge is 0.238 e. The van der Waals surface area contributed by atoms with Crippen LogP contribution >= 0.6 is 23.1 Å². The molecule has 0 fully saturated rings. The molecule has 4 nitrogen and oxygen atoms in total. The number of aromatic nitrogens is 1. The van der Waals surface area contributed by atoms with Crippen LogP contribution in [0.3, 0.4) is 0 Å². The average molecular weight is 308 g/mol. The van der Waals surface area contributed by atoms with E-state index < -0.39 is 0 Å². The molecule has 1 N–H and O–H groups in total. The number of amides is 1. The number of thiophene rings is 1. The normalized spacial score (nSPS) is 17.8. The molecule has 1 aliphatic rings. The van der Waals surface area contributed by atoms with Crippen LogP contribution in [0.1, 0.15) is 33.0 Å². The maximum absolute atomic E-state index is 12.3. The fourth-order valence-corrected chi connectivity index (χ4v) is 4.55. The molecule has 3 rings (SSSR count). The SMILES string of the molecule is Cc1nc(CNC(=O)[C@H]2SCCc3sccc32)oc1C. The first-order valence-electron chi connectivity index (χ1n) is 6.53. The van der Waals surface area contributed by atoms with E-state index in [9.17, 15) is 4.79 Å². The average Bonchev–Trinajstić information content (AvgIpc) is 3.03. The zero-order valence-corrected chi connectivity index (χ0v) is 13.1.